The maximum absolute atomic E-state index is 13.5. The summed E-state index contributed by atoms with van der Waals surface area (Å²) < 4.78 is 32.4. The quantitative estimate of drug-likeness (QED) is 0.635. The molecule has 5 nitrogen and oxygen atoms in total. The van der Waals surface area contributed by atoms with Crippen LogP contribution in [-0.4, -0.2) is 31.1 Å². The number of rotatable bonds is 4. The molecule has 0 unspecified atom stereocenters. The largest absolute Gasteiger partial charge is 0.376 e. The van der Waals surface area contributed by atoms with Gasteiger partial charge in [-0.05, 0) is 44.0 Å². The number of guanidine groups is 1. The van der Waals surface area contributed by atoms with E-state index in [9.17, 15) is 13.6 Å². The number of carbonyl (C=O) groups is 1. The van der Waals surface area contributed by atoms with Crippen molar-refractivity contribution in [1.82, 2.24) is 5.32 Å². The Morgan fingerprint density at radius 1 is 1.22 bits per heavy atom. The minimum absolute atomic E-state index is 0.0260. The average molecular weight is 373 g/mol. The molecule has 142 valence electrons. The van der Waals surface area contributed by atoms with E-state index in [1.807, 2.05) is 13.0 Å². The van der Waals surface area contributed by atoms with E-state index in [1.165, 1.54) is 0 Å². The van der Waals surface area contributed by atoms with Gasteiger partial charge in [0.15, 0.2) is 0 Å². The summed E-state index contributed by atoms with van der Waals surface area (Å²) in [4.78, 5) is 16.9. The lowest BCUT2D eigenvalue weighted by atomic mass is 10.1. The van der Waals surface area contributed by atoms with Gasteiger partial charge in [-0.3, -0.25) is 10.1 Å². The summed E-state index contributed by atoms with van der Waals surface area (Å²) in [5, 5.41) is 5.45. The molecule has 0 spiro atoms. The van der Waals surface area contributed by atoms with Crippen LogP contribution in [0.4, 0.5) is 14.5 Å². The maximum atomic E-state index is 13.5. The van der Waals surface area contributed by atoms with Crippen LogP contribution in [0.2, 0.25) is 0 Å². The number of anilines is 1. The predicted octanol–water partition coefficient (Wildman–Crippen LogP) is 3.65. The van der Waals surface area contributed by atoms with Crippen LogP contribution in [0.5, 0.6) is 0 Å². The second-order valence-corrected chi connectivity index (χ2v) is 6.43. The summed E-state index contributed by atoms with van der Waals surface area (Å²) in [6.07, 6.45) is 1.83. The first-order valence-corrected chi connectivity index (χ1v) is 8.77. The van der Waals surface area contributed by atoms with Crippen LogP contribution in [0.3, 0.4) is 0 Å². The van der Waals surface area contributed by atoms with E-state index >= 15 is 0 Å². The van der Waals surface area contributed by atoms with Crippen molar-refractivity contribution in [3.05, 3.63) is 65.2 Å². The topological polar surface area (TPSA) is 62.7 Å². The number of aliphatic imine (C=N–C) groups is 1. The lowest BCUT2D eigenvalue weighted by Crippen LogP contribution is -2.36. The monoisotopic (exact) mass is 373 g/mol. The molecule has 0 aliphatic carbocycles. The molecule has 1 atom stereocenters. The standard InChI is InChI=1S/C20H21F2N3O2/c1-13-4-2-5-14(8-13)19(26)25-20(23-12-18-6-3-7-27-18)24-17-10-15(21)9-16(22)11-17/h2,4-5,8-11,18H,3,6-7,12H2,1H3,(H2,23,24,25,26)/t18-/m0/s1. The highest BCUT2D eigenvalue weighted by Gasteiger charge is 2.16. The predicted molar refractivity (Wildman–Crippen MR) is 99.9 cm³/mol. The number of hydrogen-bond acceptors (Lipinski definition) is 3. The molecule has 0 radical (unpaired) electrons. The molecule has 2 aromatic carbocycles. The fourth-order valence-electron chi connectivity index (χ4n) is 2.82. The first-order valence-electron chi connectivity index (χ1n) is 8.77. The fraction of sp³-hybridized carbons (Fsp3) is 0.300. The number of amides is 1. The van der Waals surface area contributed by atoms with Crippen LogP contribution in [0.25, 0.3) is 0 Å². The Balaban J connectivity index is 1.77. The molecule has 0 bridgehead atoms. The third-order valence-electron chi connectivity index (χ3n) is 4.11. The van der Waals surface area contributed by atoms with E-state index in [2.05, 4.69) is 15.6 Å². The highest BCUT2D eigenvalue weighted by atomic mass is 19.1. The molecule has 1 amide bonds. The Hall–Kier alpha value is -2.80. The maximum Gasteiger partial charge on any atom is 0.257 e. The SMILES string of the molecule is Cc1cccc(C(=O)NC(=NC[C@@H]2CCCO2)Nc2cc(F)cc(F)c2)c1. The van der Waals surface area contributed by atoms with Crippen molar-refractivity contribution >= 4 is 17.6 Å². The second-order valence-electron chi connectivity index (χ2n) is 6.43. The third-order valence-corrected chi connectivity index (χ3v) is 4.11. The van der Waals surface area contributed by atoms with Gasteiger partial charge >= 0.3 is 0 Å². The molecule has 2 aromatic rings. The Morgan fingerprint density at radius 3 is 2.67 bits per heavy atom. The molecule has 27 heavy (non-hydrogen) atoms. The number of aryl methyl sites for hydroxylation is 1. The fourth-order valence-corrected chi connectivity index (χ4v) is 2.82. The van der Waals surface area contributed by atoms with Crippen LogP contribution in [0, 0.1) is 18.6 Å². The Labute approximate surface area is 156 Å². The first-order chi connectivity index (χ1) is 13.0. The number of hydrogen-bond donors (Lipinski definition) is 2. The van der Waals surface area contributed by atoms with E-state index < -0.39 is 11.6 Å². The molecule has 0 aromatic heterocycles. The van der Waals surface area contributed by atoms with Gasteiger partial charge in [0.25, 0.3) is 5.91 Å². The van der Waals surface area contributed by atoms with Crippen molar-refractivity contribution in [1.29, 1.82) is 0 Å². The van der Waals surface area contributed by atoms with Gasteiger partial charge in [-0.25, -0.2) is 13.8 Å². The summed E-state index contributed by atoms with van der Waals surface area (Å²) >= 11 is 0. The van der Waals surface area contributed by atoms with Gasteiger partial charge in [-0.15, -0.1) is 0 Å². The van der Waals surface area contributed by atoms with Gasteiger partial charge in [0, 0.05) is 23.9 Å². The summed E-state index contributed by atoms with van der Waals surface area (Å²) in [6, 6.07) is 10.1. The van der Waals surface area contributed by atoms with Gasteiger partial charge in [0.05, 0.1) is 12.6 Å². The van der Waals surface area contributed by atoms with Crippen molar-refractivity contribution in [2.45, 2.75) is 25.9 Å². The highest BCUT2D eigenvalue weighted by Crippen LogP contribution is 2.14. The van der Waals surface area contributed by atoms with Crippen LogP contribution in [0.15, 0.2) is 47.5 Å². The molecule has 1 aliphatic heterocycles. The summed E-state index contributed by atoms with van der Waals surface area (Å²) in [7, 11) is 0. The normalized spacial score (nSPS) is 17.0. The zero-order valence-electron chi connectivity index (χ0n) is 15.0. The summed E-state index contributed by atoms with van der Waals surface area (Å²) in [5.74, 6) is -1.70. The van der Waals surface area contributed by atoms with Crippen molar-refractivity contribution in [2.24, 2.45) is 4.99 Å². The molecule has 1 heterocycles. The lowest BCUT2D eigenvalue weighted by Gasteiger charge is -2.14. The summed E-state index contributed by atoms with van der Waals surface area (Å²) in [6.45, 7) is 2.92. The van der Waals surface area contributed by atoms with E-state index in [0.717, 1.165) is 36.6 Å². The second kappa shape index (κ2) is 8.73. The highest BCUT2D eigenvalue weighted by molar-refractivity contribution is 6.10. The zero-order valence-corrected chi connectivity index (χ0v) is 15.0. The van der Waals surface area contributed by atoms with E-state index in [4.69, 9.17) is 4.74 Å². The minimum atomic E-state index is -0.721. The van der Waals surface area contributed by atoms with Gasteiger partial charge in [0.1, 0.15) is 11.6 Å². The van der Waals surface area contributed by atoms with Crippen LogP contribution >= 0.6 is 0 Å². The first kappa shape index (κ1) is 19.0. The number of halogens is 2. The number of nitrogens with one attached hydrogen (secondary N) is 2. The smallest absolute Gasteiger partial charge is 0.257 e. The molecule has 3 rings (SSSR count). The Morgan fingerprint density at radius 2 is 2.00 bits per heavy atom. The van der Waals surface area contributed by atoms with E-state index in [1.54, 1.807) is 18.2 Å². The van der Waals surface area contributed by atoms with Crippen molar-refractivity contribution in [2.75, 3.05) is 18.5 Å². The van der Waals surface area contributed by atoms with Crippen molar-refractivity contribution in [3.63, 3.8) is 0 Å². The molecule has 2 N–H and O–H groups in total. The molecule has 7 heteroatoms. The molecular weight excluding hydrogens is 352 g/mol. The van der Waals surface area contributed by atoms with Gasteiger partial charge < -0.3 is 10.1 Å². The van der Waals surface area contributed by atoms with Gasteiger partial charge in [-0.1, -0.05) is 17.7 Å². The zero-order chi connectivity index (χ0) is 19.2. The minimum Gasteiger partial charge on any atom is -0.376 e. The van der Waals surface area contributed by atoms with Gasteiger partial charge in [-0.2, -0.15) is 0 Å². The molecule has 1 fully saturated rings. The van der Waals surface area contributed by atoms with Crippen LogP contribution in [0.1, 0.15) is 28.8 Å². The number of carbonyl (C=O) groups excluding carboxylic acids is 1. The third kappa shape index (κ3) is 5.59. The van der Waals surface area contributed by atoms with Crippen molar-refractivity contribution < 1.29 is 18.3 Å². The van der Waals surface area contributed by atoms with E-state index in [0.29, 0.717) is 18.7 Å². The average Bonchev–Trinajstić information content (AvgIpc) is 3.12. The number of benzene rings is 2. The van der Waals surface area contributed by atoms with E-state index in [-0.39, 0.29) is 23.7 Å². The number of nitrogens with zero attached hydrogens (tertiary/aromatic N) is 1. The molecule has 1 aliphatic rings. The molecular formula is C20H21F2N3O2. The van der Waals surface area contributed by atoms with Crippen LogP contribution in [-0.2, 0) is 4.74 Å². The van der Waals surface area contributed by atoms with Crippen molar-refractivity contribution in [3.8, 4) is 0 Å². The van der Waals surface area contributed by atoms with Crippen LogP contribution < -0.4 is 10.6 Å². The Kier molecular flexibility index (Phi) is 6.13. The molecule has 0 saturated carbocycles. The molecule has 1 saturated heterocycles. The van der Waals surface area contributed by atoms with Gasteiger partial charge in [0.2, 0.25) is 5.96 Å². The Bertz CT molecular complexity index is 829. The summed E-state index contributed by atoms with van der Waals surface area (Å²) in [5.41, 5.74) is 1.57. The lowest BCUT2D eigenvalue weighted by molar-refractivity contribution is 0.0975. The number of ether oxygens (including phenoxy) is 1.